The third-order valence-electron chi connectivity index (χ3n) is 3.73. The number of alkyl halides is 3. The summed E-state index contributed by atoms with van der Waals surface area (Å²) in [4.78, 5) is 12.0. The topological polar surface area (TPSA) is 71.4 Å². The van der Waals surface area contributed by atoms with Gasteiger partial charge in [0, 0.05) is 43.7 Å². The smallest absolute Gasteiger partial charge is 0.434 e. The van der Waals surface area contributed by atoms with Gasteiger partial charge in [0.25, 0.3) is 0 Å². The lowest BCUT2D eigenvalue weighted by Gasteiger charge is -2.13. The van der Waals surface area contributed by atoms with E-state index >= 15 is 0 Å². The number of nitrogens with zero attached hydrogens (tertiary/aromatic N) is 3. The highest BCUT2D eigenvalue weighted by Crippen LogP contribution is 2.30. The molecule has 0 atom stereocenters. The fraction of sp³-hybridized carbons (Fsp3) is 0.500. The highest BCUT2D eigenvalue weighted by molar-refractivity contribution is 7.09. The molecule has 0 bridgehead atoms. The summed E-state index contributed by atoms with van der Waals surface area (Å²) < 4.78 is 43.4. The van der Waals surface area contributed by atoms with Crippen molar-refractivity contribution < 1.29 is 17.9 Å². The van der Waals surface area contributed by atoms with Crippen LogP contribution in [0, 0.1) is 0 Å². The molecule has 28 heavy (non-hydrogen) atoms. The Kier molecular flexibility index (Phi) is 8.49. The first-order chi connectivity index (χ1) is 13.4. The number of aliphatic imine (C=N–C) groups is 1. The number of hydrogen-bond donors (Lipinski definition) is 2. The Morgan fingerprint density at radius 2 is 2.14 bits per heavy atom. The van der Waals surface area contributed by atoms with Gasteiger partial charge in [0.15, 0.2) is 11.7 Å². The van der Waals surface area contributed by atoms with Crippen LogP contribution in [-0.2, 0) is 19.1 Å². The molecule has 0 amide bonds. The number of halogens is 3. The number of rotatable bonds is 9. The van der Waals surface area contributed by atoms with Crippen LogP contribution in [0.25, 0.3) is 0 Å². The lowest BCUT2D eigenvalue weighted by Crippen LogP contribution is -2.38. The third-order valence-corrected chi connectivity index (χ3v) is 4.64. The molecule has 10 heteroatoms. The van der Waals surface area contributed by atoms with Crippen LogP contribution >= 0.6 is 11.3 Å². The lowest BCUT2D eigenvalue weighted by atomic mass is 10.2. The minimum Gasteiger partial charge on any atom is -0.477 e. The van der Waals surface area contributed by atoms with E-state index in [4.69, 9.17) is 4.74 Å². The van der Waals surface area contributed by atoms with Crippen molar-refractivity contribution in [3.63, 3.8) is 0 Å². The summed E-state index contributed by atoms with van der Waals surface area (Å²) in [5.74, 6) is 1.12. The zero-order valence-electron chi connectivity index (χ0n) is 15.8. The molecule has 154 valence electrons. The second kappa shape index (κ2) is 10.8. The van der Waals surface area contributed by atoms with Crippen LogP contribution in [0.2, 0.25) is 0 Å². The van der Waals surface area contributed by atoms with Crippen LogP contribution in [0.4, 0.5) is 13.2 Å². The molecule has 2 rings (SSSR count). The summed E-state index contributed by atoms with van der Waals surface area (Å²) in [7, 11) is 1.63. The maximum absolute atomic E-state index is 12.6. The number of ether oxygens (including phenoxy) is 1. The molecule has 0 saturated carbocycles. The van der Waals surface area contributed by atoms with Gasteiger partial charge in [-0.15, -0.1) is 11.3 Å². The standard InChI is InChI=1S/C18H24F3N5OS/c1-3-4-10-27-16-13(6-5-8-23-16)11-25-17(22-2)24-9-7-15-26-14(12-28-15)18(19,20)21/h5-6,8,12H,3-4,7,9-11H2,1-2H3,(H2,22,24,25). The number of pyridine rings is 1. The molecule has 0 saturated heterocycles. The van der Waals surface area contributed by atoms with Gasteiger partial charge >= 0.3 is 6.18 Å². The Morgan fingerprint density at radius 3 is 2.82 bits per heavy atom. The van der Waals surface area contributed by atoms with Crippen molar-refractivity contribution in [2.24, 2.45) is 4.99 Å². The fourth-order valence-electron chi connectivity index (χ4n) is 2.25. The molecule has 6 nitrogen and oxygen atoms in total. The summed E-state index contributed by atoms with van der Waals surface area (Å²) in [5.41, 5.74) is 0.0542. The average molecular weight is 415 g/mol. The zero-order chi connectivity index (χ0) is 20.4. The summed E-state index contributed by atoms with van der Waals surface area (Å²) >= 11 is 1.00. The average Bonchev–Trinajstić information content (AvgIpc) is 3.15. The molecule has 0 aromatic carbocycles. The Bertz CT molecular complexity index is 764. The van der Waals surface area contributed by atoms with Crippen molar-refractivity contribution in [1.82, 2.24) is 20.6 Å². The van der Waals surface area contributed by atoms with E-state index < -0.39 is 11.9 Å². The number of nitrogens with one attached hydrogen (secondary N) is 2. The van der Waals surface area contributed by atoms with Gasteiger partial charge in [0.1, 0.15) is 0 Å². The van der Waals surface area contributed by atoms with Gasteiger partial charge < -0.3 is 15.4 Å². The molecule has 0 fully saturated rings. The summed E-state index contributed by atoms with van der Waals surface area (Å²) in [6.07, 6.45) is -0.346. The minimum atomic E-state index is -4.40. The van der Waals surface area contributed by atoms with Gasteiger partial charge in [-0.1, -0.05) is 19.4 Å². The monoisotopic (exact) mass is 415 g/mol. The normalized spacial score (nSPS) is 12.1. The number of unbranched alkanes of at least 4 members (excludes halogenated alkanes) is 1. The molecule has 0 spiro atoms. The summed E-state index contributed by atoms with van der Waals surface area (Å²) in [5, 5.41) is 7.68. The molecule has 2 aromatic rings. The molecule has 0 aliphatic carbocycles. The van der Waals surface area contributed by atoms with E-state index in [0.717, 1.165) is 35.1 Å². The van der Waals surface area contributed by atoms with Crippen LogP contribution < -0.4 is 15.4 Å². The molecular formula is C18H24F3N5OS. The molecule has 0 unspecified atom stereocenters. The molecule has 2 aromatic heterocycles. The first kappa shape index (κ1) is 21.9. The second-order valence-electron chi connectivity index (χ2n) is 5.90. The second-order valence-corrected chi connectivity index (χ2v) is 6.84. The third kappa shape index (κ3) is 6.99. The Balaban J connectivity index is 1.81. The number of guanidine groups is 1. The van der Waals surface area contributed by atoms with Gasteiger partial charge in [-0.3, -0.25) is 4.99 Å². The van der Waals surface area contributed by atoms with Crippen LogP contribution in [0.15, 0.2) is 28.7 Å². The maximum Gasteiger partial charge on any atom is 0.434 e. The van der Waals surface area contributed by atoms with Crippen molar-refractivity contribution in [2.45, 2.75) is 38.9 Å². The summed E-state index contributed by atoms with van der Waals surface area (Å²) in [6.45, 7) is 3.58. The largest absolute Gasteiger partial charge is 0.477 e. The van der Waals surface area contributed by atoms with E-state index in [0.29, 0.717) is 43.0 Å². The van der Waals surface area contributed by atoms with Crippen LogP contribution in [0.3, 0.4) is 0 Å². The first-order valence-corrected chi connectivity index (χ1v) is 9.84. The molecule has 2 heterocycles. The quantitative estimate of drug-likeness (QED) is 0.372. The van der Waals surface area contributed by atoms with Crippen molar-refractivity contribution in [1.29, 1.82) is 0 Å². The van der Waals surface area contributed by atoms with Crippen LogP contribution in [0.1, 0.15) is 36.0 Å². The van der Waals surface area contributed by atoms with Gasteiger partial charge in [0.2, 0.25) is 5.88 Å². The molecule has 2 N–H and O–H groups in total. The maximum atomic E-state index is 12.6. The minimum absolute atomic E-state index is 0.375. The van der Waals surface area contributed by atoms with Crippen molar-refractivity contribution in [3.05, 3.63) is 40.0 Å². The van der Waals surface area contributed by atoms with Crippen molar-refractivity contribution in [2.75, 3.05) is 20.2 Å². The van der Waals surface area contributed by atoms with E-state index in [9.17, 15) is 13.2 Å². The highest BCUT2D eigenvalue weighted by atomic mass is 32.1. The molecule has 0 aliphatic heterocycles. The molecule has 0 aliphatic rings. The van der Waals surface area contributed by atoms with Crippen LogP contribution in [-0.4, -0.2) is 36.1 Å². The summed E-state index contributed by atoms with van der Waals surface area (Å²) in [6, 6.07) is 3.75. The highest BCUT2D eigenvalue weighted by Gasteiger charge is 2.33. The number of hydrogen-bond acceptors (Lipinski definition) is 5. The Morgan fingerprint density at radius 1 is 1.32 bits per heavy atom. The van der Waals surface area contributed by atoms with Crippen molar-refractivity contribution >= 4 is 17.3 Å². The number of thiazole rings is 1. The predicted octanol–water partition coefficient (Wildman–Crippen LogP) is 3.64. The lowest BCUT2D eigenvalue weighted by molar-refractivity contribution is -0.140. The SMILES string of the molecule is CCCCOc1ncccc1CNC(=NC)NCCc1nc(C(F)(F)F)cs1. The van der Waals surface area contributed by atoms with E-state index in [1.54, 1.807) is 13.2 Å². The van der Waals surface area contributed by atoms with Gasteiger partial charge in [0.05, 0.1) is 11.6 Å². The number of aromatic nitrogens is 2. The van der Waals surface area contributed by atoms with E-state index in [1.165, 1.54) is 0 Å². The first-order valence-electron chi connectivity index (χ1n) is 8.96. The van der Waals surface area contributed by atoms with E-state index in [1.807, 2.05) is 12.1 Å². The van der Waals surface area contributed by atoms with E-state index in [2.05, 4.69) is 32.5 Å². The fourth-order valence-corrected chi connectivity index (χ4v) is 3.05. The predicted molar refractivity (Wildman–Crippen MR) is 104 cm³/mol. The Hall–Kier alpha value is -2.36. The van der Waals surface area contributed by atoms with Crippen molar-refractivity contribution in [3.8, 4) is 5.88 Å². The zero-order valence-corrected chi connectivity index (χ0v) is 16.7. The van der Waals surface area contributed by atoms with Crippen LogP contribution in [0.5, 0.6) is 5.88 Å². The van der Waals surface area contributed by atoms with Gasteiger partial charge in [-0.25, -0.2) is 9.97 Å². The Labute approximate surface area is 166 Å². The van der Waals surface area contributed by atoms with E-state index in [-0.39, 0.29) is 0 Å². The molecular weight excluding hydrogens is 391 g/mol. The van der Waals surface area contributed by atoms with Gasteiger partial charge in [-0.2, -0.15) is 13.2 Å². The molecule has 0 radical (unpaired) electrons. The van der Waals surface area contributed by atoms with Gasteiger partial charge in [-0.05, 0) is 12.5 Å².